The molecule has 4 heterocycles. The van der Waals surface area contributed by atoms with Gasteiger partial charge in [-0.05, 0) is 12.1 Å². The third-order valence-electron chi connectivity index (χ3n) is 4.65. The number of fused-ring (bicyclic) bond motifs is 1. The molecule has 2 amide bonds. The molecule has 0 bridgehead atoms. The van der Waals surface area contributed by atoms with Gasteiger partial charge in [0, 0.05) is 45.3 Å². The normalized spacial score (nSPS) is 21.8. The number of imidazole rings is 1. The molecular formula is C16H20N6O. The second-order valence-corrected chi connectivity index (χ2v) is 6.12. The number of carbonyl (C=O) groups is 1. The maximum Gasteiger partial charge on any atom is 0.326 e. The van der Waals surface area contributed by atoms with Gasteiger partial charge < -0.3 is 9.47 Å². The van der Waals surface area contributed by atoms with Crippen molar-refractivity contribution in [3.8, 4) is 0 Å². The fraction of sp³-hybridized carbons (Fsp3) is 0.438. The summed E-state index contributed by atoms with van der Waals surface area (Å²) in [5, 5.41) is 0. The quantitative estimate of drug-likeness (QED) is 0.846. The number of nitrogens with zero attached hydrogens (tertiary/aromatic N) is 6. The van der Waals surface area contributed by atoms with Gasteiger partial charge in [0.2, 0.25) is 0 Å². The van der Waals surface area contributed by atoms with Crippen molar-refractivity contribution in [2.24, 2.45) is 7.05 Å². The van der Waals surface area contributed by atoms with Crippen molar-refractivity contribution in [3.05, 3.63) is 42.6 Å². The molecule has 0 radical (unpaired) electrons. The predicted octanol–water partition coefficient (Wildman–Crippen LogP) is 0.942. The Morgan fingerprint density at radius 2 is 2.09 bits per heavy atom. The van der Waals surface area contributed by atoms with E-state index in [4.69, 9.17) is 0 Å². The Morgan fingerprint density at radius 3 is 2.83 bits per heavy atom. The van der Waals surface area contributed by atoms with Crippen LogP contribution in [0.25, 0.3) is 0 Å². The van der Waals surface area contributed by atoms with Crippen molar-refractivity contribution >= 4 is 11.8 Å². The number of hydrogen-bond acceptors (Lipinski definition) is 4. The van der Waals surface area contributed by atoms with Gasteiger partial charge in [-0.25, -0.2) is 14.8 Å². The SMILES string of the molecule is Cn1ccnc1CN1CCN2C(=O)N(c3ccccn3)C[C@H]2C1. The van der Waals surface area contributed by atoms with Gasteiger partial charge in [0.25, 0.3) is 0 Å². The smallest absolute Gasteiger partial charge is 0.326 e. The number of aromatic nitrogens is 3. The van der Waals surface area contributed by atoms with Gasteiger partial charge in [0.1, 0.15) is 11.6 Å². The number of pyridine rings is 1. The lowest BCUT2D eigenvalue weighted by Gasteiger charge is -2.36. The number of hydrogen-bond donors (Lipinski definition) is 0. The number of amides is 2. The van der Waals surface area contributed by atoms with Crippen LogP contribution < -0.4 is 4.90 Å². The number of carbonyl (C=O) groups excluding carboxylic acids is 1. The second-order valence-electron chi connectivity index (χ2n) is 6.12. The highest BCUT2D eigenvalue weighted by Crippen LogP contribution is 2.25. The molecule has 2 aliphatic heterocycles. The highest BCUT2D eigenvalue weighted by molar-refractivity contribution is 5.93. The van der Waals surface area contributed by atoms with E-state index in [1.54, 1.807) is 11.1 Å². The van der Waals surface area contributed by atoms with Crippen molar-refractivity contribution in [2.45, 2.75) is 12.6 Å². The van der Waals surface area contributed by atoms with Gasteiger partial charge in [0.15, 0.2) is 0 Å². The average Bonchev–Trinajstić information content (AvgIpc) is 3.12. The van der Waals surface area contributed by atoms with Crippen LogP contribution in [0.3, 0.4) is 0 Å². The molecule has 0 spiro atoms. The summed E-state index contributed by atoms with van der Waals surface area (Å²) in [7, 11) is 2.01. The molecule has 2 aromatic heterocycles. The molecule has 7 nitrogen and oxygen atoms in total. The first-order chi connectivity index (χ1) is 11.2. The Balaban J connectivity index is 1.46. The molecule has 2 aromatic rings. The zero-order valence-corrected chi connectivity index (χ0v) is 13.2. The summed E-state index contributed by atoms with van der Waals surface area (Å²) in [4.78, 5) is 27.4. The monoisotopic (exact) mass is 312 g/mol. The minimum absolute atomic E-state index is 0.0744. The molecule has 1 atom stereocenters. The first-order valence-electron chi connectivity index (χ1n) is 7.90. The van der Waals surface area contributed by atoms with Crippen molar-refractivity contribution in [3.63, 3.8) is 0 Å². The van der Waals surface area contributed by atoms with Gasteiger partial charge in [-0.2, -0.15) is 0 Å². The molecule has 0 aromatic carbocycles. The largest absolute Gasteiger partial charge is 0.337 e. The van der Waals surface area contributed by atoms with Crippen molar-refractivity contribution in [1.29, 1.82) is 0 Å². The number of piperazine rings is 1. The summed E-state index contributed by atoms with van der Waals surface area (Å²) in [6.07, 6.45) is 5.52. The first kappa shape index (κ1) is 14.2. The topological polar surface area (TPSA) is 57.5 Å². The molecular weight excluding hydrogens is 292 g/mol. The standard InChI is InChI=1S/C16H20N6O/c1-19-7-6-18-15(19)12-20-8-9-21-13(10-20)11-22(16(21)23)14-4-2-3-5-17-14/h2-7,13H,8-12H2,1H3/t13-/m1/s1. The van der Waals surface area contributed by atoms with Crippen LogP contribution in [0, 0.1) is 0 Å². The van der Waals surface area contributed by atoms with E-state index < -0.39 is 0 Å². The van der Waals surface area contributed by atoms with Gasteiger partial charge in [-0.15, -0.1) is 0 Å². The fourth-order valence-electron chi connectivity index (χ4n) is 3.37. The van der Waals surface area contributed by atoms with E-state index >= 15 is 0 Å². The van der Waals surface area contributed by atoms with Crippen LogP contribution in [0.1, 0.15) is 5.82 Å². The Labute approximate surface area is 135 Å². The van der Waals surface area contributed by atoms with E-state index in [1.807, 2.05) is 47.1 Å². The number of aryl methyl sites for hydroxylation is 1. The molecule has 0 aliphatic carbocycles. The Hall–Kier alpha value is -2.41. The summed E-state index contributed by atoms with van der Waals surface area (Å²) in [5.41, 5.74) is 0. The molecule has 2 saturated heterocycles. The Bertz CT molecular complexity index is 700. The van der Waals surface area contributed by atoms with Crippen molar-refractivity contribution in [1.82, 2.24) is 24.3 Å². The van der Waals surface area contributed by atoms with Crippen LogP contribution in [0.5, 0.6) is 0 Å². The lowest BCUT2D eigenvalue weighted by atomic mass is 10.2. The summed E-state index contributed by atoms with van der Waals surface area (Å²) in [5.74, 6) is 1.80. The molecule has 0 N–H and O–H groups in total. The van der Waals surface area contributed by atoms with Gasteiger partial charge in [-0.1, -0.05) is 6.07 Å². The molecule has 2 fully saturated rings. The summed E-state index contributed by atoms with van der Waals surface area (Å²) in [6.45, 7) is 4.04. The molecule has 0 unspecified atom stereocenters. The zero-order valence-electron chi connectivity index (χ0n) is 13.2. The Kier molecular flexibility index (Phi) is 3.49. The highest BCUT2D eigenvalue weighted by Gasteiger charge is 2.41. The van der Waals surface area contributed by atoms with E-state index in [-0.39, 0.29) is 12.1 Å². The third-order valence-corrected chi connectivity index (χ3v) is 4.65. The average molecular weight is 312 g/mol. The van der Waals surface area contributed by atoms with Crippen LogP contribution in [-0.4, -0.2) is 62.6 Å². The second kappa shape index (κ2) is 5.66. The highest BCUT2D eigenvalue weighted by atomic mass is 16.2. The summed E-state index contributed by atoms with van der Waals surface area (Å²) < 4.78 is 2.05. The van der Waals surface area contributed by atoms with Crippen LogP contribution in [-0.2, 0) is 13.6 Å². The molecule has 2 aliphatic rings. The molecule has 23 heavy (non-hydrogen) atoms. The molecule has 7 heteroatoms. The van der Waals surface area contributed by atoms with Crippen molar-refractivity contribution < 1.29 is 4.79 Å². The number of urea groups is 1. The summed E-state index contributed by atoms with van der Waals surface area (Å²) >= 11 is 0. The lowest BCUT2D eigenvalue weighted by molar-refractivity contribution is 0.114. The maximum absolute atomic E-state index is 12.6. The minimum atomic E-state index is 0.0744. The zero-order chi connectivity index (χ0) is 15.8. The third kappa shape index (κ3) is 2.57. The lowest BCUT2D eigenvalue weighted by Crippen LogP contribution is -2.51. The first-order valence-corrected chi connectivity index (χ1v) is 7.90. The minimum Gasteiger partial charge on any atom is -0.337 e. The number of anilines is 1. The van der Waals surface area contributed by atoms with Crippen molar-refractivity contribution in [2.75, 3.05) is 31.1 Å². The van der Waals surface area contributed by atoms with E-state index in [0.29, 0.717) is 6.54 Å². The van der Waals surface area contributed by atoms with Gasteiger partial charge in [0.05, 0.1) is 19.1 Å². The molecule has 120 valence electrons. The predicted molar refractivity (Wildman–Crippen MR) is 86.0 cm³/mol. The number of rotatable bonds is 3. The summed E-state index contributed by atoms with van der Waals surface area (Å²) in [6, 6.07) is 5.97. The van der Waals surface area contributed by atoms with Crippen LogP contribution in [0.4, 0.5) is 10.6 Å². The van der Waals surface area contributed by atoms with E-state index in [2.05, 4.69) is 14.9 Å². The van der Waals surface area contributed by atoms with E-state index in [9.17, 15) is 4.79 Å². The fourth-order valence-corrected chi connectivity index (χ4v) is 3.37. The molecule has 4 rings (SSSR count). The van der Waals surface area contributed by atoms with E-state index in [1.165, 1.54) is 0 Å². The van der Waals surface area contributed by atoms with E-state index in [0.717, 1.165) is 37.8 Å². The van der Waals surface area contributed by atoms with Crippen LogP contribution in [0.2, 0.25) is 0 Å². The maximum atomic E-state index is 12.6. The molecule has 0 saturated carbocycles. The van der Waals surface area contributed by atoms with Crippen LogP contribution in [0.15, 0.2) is 36.8 Å². The van der Waals surface area contributed by atoms with Crippen LogP contribution >= 0.6 is 0 Å². The van der Waals surface area contributed by atoms with Gasteiger partial charge >= 0.3 is 6.03 Å². The van der Waals surface area contributed by atoms with Gasteiger partial charge in [-0.3, -0.25) is 9.80 Å². The Morgan fingerprint density at radius 1 is 1.17 bits per heavy atom.